The molecule has 1 aliphatic carbocycles. The van der Waals surface area contributed by atoms with Crippen LogP contribution in [0.2, 0.25) is 0 Å². The Kier molecular flexibility index (Phi) is 4.36. The van der Waals surface area contributed by atoms with Crippen molar-refractivity contribution in [3.63, 3.8) is 0 Å². The van der Waals surface area contributed by atoms with Crippen LogP contribution in [0.3, 0.4) is 0 Å². The summed E-state index contributed by atoms with van der Waals surface area (Å²) in [7, 11) is 0. The molecule has 0 spiro atoms. The number of thioether (sulfide) groups is 1. The quantitative estimate of drug-likeness (QED) is 0.763. The fraction of sp³-hybridized carbons (Fsp3) is 0.923. The van der Waals surface area contributed by atoms with Crippen molar-refractivity contribution in [1.29, 1.82) is 0 Å². The van der Waals surface area contributed by atoms with Crippen molar-refractivity contribution in [1.82, 2.24) is 5.32 Å². The Morgan fingerprint density at radius 1 is 1.29 bits per heavy atom. The van der Waals surface area contributed by atoms with Crippen LogP contribution in [0.5, 0.6) is 0 Å². The van der Waals surface area contributed by atoms with Crippen molar-refractivity contribution >= 4 is 17.7 Å². The second-order valence-corrected chi connectivity index (χ2v) is 6.97. The normalized spacial score (nSPS) is 35.7. The number of aliphatic carboxylic acids is 1. The van der Waals surface area contributed by atoms with Crippen LogP contribution < -0.4 is 5.32 Å². The van der Waals surface area contributed by atoms with E-state index >= 15 is 0 Å². The van der Waals surface area contributed by atoms with Crippen LogP contribution in [0.25, 0.3) is 0 Å². The van der Waals surface area contributed by atoms with Crippen molar-refractivity contribution in [2.24, 2.45) is 0 Å². The third-order valence-corrected chi connectivity index (χ3v) is 5.39. The van der Waals surface area contributed by atoms with Crippen molar-refractivity contribution in [2.75, 3.05) is 5.75 Å². The van der Waals surface area contributed by atoms with E-state index in [0.29, 0.717) is 11.3 Å². The molecule has 2 rings (SSSR count). The predicted molar refractivity (Wildman–Crippen MR) is 71.5 cm³/mol. The topological polar surface area (TPSA) is 49.3 Å². The first-order valence-electron chi connectivity index (χ1n) is 6.75. The summed E-state index contributed by atoms with van der Waals surface area (Å²) in [4.78, 5) is 11.6. The lowest BCUT2D eigenvalue weighted by Crippen LogP contribution is -2.56. The van der Waals surface area contributed by atoms with Crippen molar-refractivity contribution < 1.29 is 9.90 Å². The molecule has 2 fully saturated rings. The third kappa shape index (κ3) is 3.16. The zero-order chi connectivity index (χ0) is 12.3. The minimum Gasteiger partial charge on any atom is -0.480 e. The monoisotopic (exact) mass is 257 g/mol. The van der Waals surface area contributed by atoms with E-state index in [-0.39, 0.29) is 0 Å². The molecule has 98 valence electrons. The van der Waals surface area contributed by atoms with E-state index in [1.54, 1.807) is 11.8 Å². The van der Waals surface area contributed by atoms with Crippen molar-refractivity contribution in [3.05, 3.63) is 0 Å². The van der Waals surface area contributed by atoms with Gasteiger partial charge in [0.1, 0.15) is 5.54 Å². The number of carboxylic acids is 1. The number of nitrogens with one attached hydrogen (secondary N) is 1. The number of rotatable bonds is 3. The van der Waals surface area contributed by atoms with Crippen LogP contribution >= 0.6 is 11.8 Å². The van der Waals surface area contributed by atoms with Gasteiger partial charge in [-0.1, -0.05) is 32.6 Å². The summed E-state index contributed by atoms with van der Waals surface area (Å²) in [5.41, 5.74) is -0.654. The first-order valence-corrected chi connectivity index (χ1v) is 7.80. The average molecular weight is 257 g/mol. The van der Waals surface area contributed by atoms with Crippen LogP contribution in [-0.2, 0) is 4.79 Å². The van der Waals surface area contributed by atoms with Gasteiger partial charge in [-0.05, 0) is 19.3 Å². The van der Waals surface area contributed by atoms with E-state index in [1.807, 2.05) is 0 Å². The Hall–Kier alpha value is -0.220. The van der Waals surface area contributed by atoms with E-state index in [0.717, 1.165) is 25.0 Å². The van der Waals surface area contributed by atoms with E-state index in [2.05, 4.69) is 12.2 Å². The molecule has 17 heavy (non-hydrogen) atoms. The standard InChI is InChI=1S/C13H23NO2S/c1-10-8-13(9-17-10,12(15)16)14-11-6-4-2-3-5-7-11/h10-11,14H,2-9H2,1H3,(H,15,16). The van der Waals surface area contributed by atoms with Gasteiger partial charge in [-0.3, -0.25) is 10.1 Å². The molecule has 1 aliphatic heterocycles. The van der Waals surface area contributed by atoms with Crippen molar-refractivity contribution in [3.8, 4) is 0 Å². The third-order valence-electron chi connectivity index (χ3n) is 4.00. The summed E-state index contributed by atoms with van der Waals surface area (Å²) in [5.74, 6) is 0.0681. The Labute approximate surface area is 108 Å². The molecule has 0 aromatic rings. The highest BCUT2D eigenvalue weighted by atomic mass is 32.2. The molecule has 0 radical (unpaired) electrons. The highest BCUT2D eigenvalue weighted by molar-refractivity contribution is 8.00. The molecule has 0 bridgehead atoms. The molecular weight excluding hydrogens is 234 g/mol. The van der Waals surface area contributed by atoms with Gasteiger partial charge in [0, 0.05) is 17.0 Å². The first kappa shape index (κ1) is 13.2. The van der Waals surface area contributed by atoms with E-state index < -0.39 is 11.5 Å². The lowest BCUT2D eigenvalue weighted by Gasteiger charge is -2.30. The van der Waals surface area contributed by atoms with Gasteiger partial charge >= 0.3 is 5.97 Å². The molecule has 3 nitrogen and oxygen atoms in total. The molecule has 2 unspecified atom stereocenters. The molecule has 1 saturated carbocycles. The molecular formula is C13H23NO2S. The Morgan fingerprint density at radius 3 is 2.41 bits per heavy atom. The molecule has 2 N–H and O–H groups in total. The number of hydrogen-bond donors (Lipinski definition) is 2. The van der Waals surface area contributed by atoms with Gasteiger partial charge in [0.15, 0.2) is 0 Å². The molecule has 4 heteroatoms. The van der Waals surface area contributed by atoms with Gasteiger partial charge in [-0.2, -0.15) is 11.8 Å². The SMILES string of the molecule is CC1CC(NC2CCCCCC2)(C(=O)O)CS1. The zero-order valence-corrected chi connectivity index (χ0v) is 11.4. The van der Waals surface area contributed by atoms with Gasteiger partial charge in [0.05, 0.1) is 0 Å². The minimum absolute atomic E-state index is 0.416. The van der Waals surface area contributed by atoms with Gasteiger partial charge in [0.25, 0.3) is 0 Å². The summed E-state index contributed by atoms with van der Waals surface area (Å²) in [6.07, 6.45) is 8.17. The van der Waals surface area contributed by atoms with Crippen LogP contribution in [0, 0.1) is 0 Å². The van der Waals surface area contributed by atoms with Crippen molar-refractivity contribution in [2.45, 2.75) is 68.7 Å². The first-order chi connectivity index (χ1) is 8.12. The fourth-order valence-corrected chi connectivity index (χ4v) is 4.31. The van der Waals surface area contributed by atoms with Crippen LogP contribution in [0.15, 0.2) is 0 Å². The lowest BCUT2D eigenvalue weighted by atomic mass is 9.93. The molecule has 1 heterocycles. The summed E-state index contributed by atoms with van der Waals surface area (Å²) in [6, 6.07) is 0.416. The smallest absolute Gasteiger partial charge is 0.324 e. The highest BCUT2D eigenvalue weighted by Gasteiger charge is 2.45. The second-order valence-electron chi connectivity index (χ2n) is 5.55. The van der Waals surface area contributed by atoms with E-state index in [4.69, 9.17) is 0 Å². The molecule has 2 aliphatic rings. The fourth-order valence-electron chi connectivity index (χ4n) is 3.02. The Bertz CT molecular complexity index is 277. The largest absolute Gasteiger partial charge is 0.480 e. The maximum Gasteiger partial charge on any atom is 0.324 e. The predicted octanol–water partition coefficient (Wildman–Crippen LogP) is 2.65. The zero-order valence-electron chi connectivity index (χ0n) is 10.6. The molecule has 1 saturated heterocycles. The van der Waals surface area contributed by atoms with E-state index in [1.165, 1.54) is 25.7 Å². The van der Waals surface area contributed by atoms with E-state index in [9.17, 15) is 9.90 Å². The summed E-state index contributed by atoms with van der Waals surface area (Å²) in [6.45, 7) is 2.13. The summed E-state index contributed by atoms with van der Waals surface area (Å²) >= 11 is 1.78. The average Bonchev–Trinajstić information content (AvgIpc) is 2.51. The van der Waals surface area contributed by atoms with Crippen LogP contribution in [0.4, 0.5) is 0 Å². The van der Waals surface area contributed by atoms with Gasteiger partial charge in [-0.25, -0.2) is 0 Å². The second kappa shape index (κ2) is 5.61. The Morgan fingerprint density at radius 2 is 1.94 bits per heavy atom. The summed E-state index contributed by atoms with van der Waals surface area (Å²) in [5, 5.41) is 13.4. The molecule has 0 aromatic carbocycles. The number of carboxylic acid groups (broad SMARTS) is 1. The Balaban J connectivity index is 1.99. The van der Waals surface area contributed by atoms with Gasteiger partial charge in [-0.15, -0.1) is 0 Å². The highest BCUT2D eigenvalue weighted by Crippen LogP contribution is 2.36. The summed E-state index contributed by atoms with van der Waals surface area (Å²) < 4.78 is 0. The number of hydrogen-bond acceptors (Lipinski definition) is 3. The lowest BCUT2D eigenvalue weighted by molar-refractivity contribution is -0.144. The van der Waals surface area contributed by atoms with Crippen LogP contribution in [-0.4, -0.2) is 33.7 Å². The molecule has 0 amide bonds. The molecule has 0 aromatic heterocycles. The van der Waals surface area contributed by atoms with Crippen LogP contribution in [0.1, 0.15) is 51.9 Å². The minimum atomic E-state index is -0.654. The van der Waals surface area contributed by atoms with Gasteiger partial charge in [0.2, 0.25) is 0 Å². The van der Waals surface area contributed by atoms with Gasteiger partial charge < -0.3 is 5.11 Å². The number of carbonyl (C=O) groups is 1. The maximum atomic E-state index is 11.6. The maximum absolute atomic E-state index is 11.6. The molecule has 2 atom stereocenters.